The van der Waals surface area contributed by atoms with Crippen LogP contribution in [0.4, 0.5) is 0 Å². The van der Waals surface area contributed by atoms with Crippen molar-refractivity contribution in [2.75, 3.05) is 6.79 Å². The van der Waals surface area contributed by atoms with Crippen LogP contribution >= 0.6 is 23.6 Å². The SMILES string of the molecule is O=C(CCn1c(=S)[nH]c2ccsc2c1=O)NCc1ccc2c(c1)OCO2. The zero-order valence-corrected chi connectivity index (χ0v) is 15.2. The summed E-state index contributed by atoms with van der Waals surface area (Å²) in [6.45, 7) is 0.824. The van der Waals surface area contributed by atoms with E-state index in [4.69, 9.17) is 21.7 Å². The molecule has 1 aromatic carbocycles. The summed E-state index contributed by atoms with van der Waals surface area (Å²) in [5.74, 6) is 1.23. The van der Waals surface area contributed by atoms with Gasteiger partial charge < -0.3 is 19.8 Å². The van der Waals surface area contributed by atoms with Crippen molar-refractivity contribution in [1.82, 2.24) is 14.9 Å². The molecule has 4 rings (SSSR count). The monoisotopic (exact) mass is 389 g/mol. The van der Waals surface area contributed by atoms with E-state index in [1.54, 1.807) is 0 Å². The van der Waals surface area contributed by atoms with Crippen LogP contribution in [-0.2, 0) is 17.9 Å². The number of amides is 1. The number of fused-ring (bicyclic) bond motifs is 2. The number of thiophene rings is 1. The molecule has 1 aliphatic heterocycles. The fourth-order valence-corrected chi connectivity index (χ4v) is 3.81. The highest BCUT2D eigenvalue weighted by molar-refractivity contribution is 7.71. The second-order valence-corrected chi connectivity index (χ2v) is 7.07. The maximum absolute atomic E-state index is 12.4. The second-order valence-electron chi connectivity index (χ2n) is 5.76. The molecule has 2 aromatic heterocycles. The summed E-state index contributed by atoms with van der Waals surface area (Å²) in [5, 5.41) is 4.67. The minimum absolute atomic E-state index is 0.157. The van der Waals surface area contributed by atoms with Gasteiger partial charge >= 0.3 is 0 Å². The minimum Gasteiger partial charge on any atom is -0.454 e. The van der Waals surface area contributed by atoms with E-state index in [1.807, 2.05) is 29.6 Å². The van der Waals surface area contributed by atoms with Crippen molar-refractivity contribution in [3.8, 4) is 11.5 Å². The highest BCUT2D eigenvalue weighted by Gasteiger charge is 2.13. The molecule has 1 amide bonds. The maximum atomic E-state index is 12.4. The van der Waals surface area contributed by atoms with Crippen LogP contribution in [0.1, 0.15) is 12.0 Å². The van der Waals surface area contributed by atoms with Gasteiger partial charge in [0.2, 0.25) is 12.7 Å². The van der Waals surface area contributed by atoms with E-state index in [0.717, 1.165) is 11.1 Å². The van der Waals surface area contributed by atoms with E-state index in [0.29, 0.717) is 27.5 Å². The van der Waals surface area contributed by atoms with Crippen molar-refractivity contribution in [2.45, 2.75) is 19.5 Å². The Bertz CT molecular complexity index is 1100. The number of carbonyl (C=O) groups excluding carboxylic acids is 1. The highest BCUT2D eigenvalue weighted by Crippen LogP contribution is 2.32. The van der Waals surface area contributed by atoms with Crippen LogP contribution in [-0.4, -0.2) is 22.3 Å². The molecule has 0 radical (unpaired) electrons. The van der Waals surface area contributed by atoms with E-state index in [1.165, 1.54) is 15.9 Å². The van der Waals surface area contributed by atoms with Gasteiger partial charge in [0.15, 0.2) is 16.3 Å². The molecule has 0 atom stereocenters. The lowest BCUT2D eigenvalue weighted by Gasteiger charge is -2.08. The summed E-state index contributed by atoms with van der Waals surface area (Å²) in [4.78, 5) is 27.6. The number of carbonyl (C=O) groups is 1. The van der Waals surface area contributed by atoms with Gasteiger partial charge in [0.25, 0.3) is 5.56 Å². The first-order chi connectivity index (χ1) is 12.6. The Balaban J connectivity index is 1.38. The number of rotatable bonds is 5. The van der Waals surface area contributed by atoms with Gasteiger partial charge in [-0.15, -0.1) is 11.3 Å². The summed E-state index contributed by atoms with van der Waals surface area (Å²) in [6, 6.07) is 7.35. The van der Waals surface area contributed by atoms with Gasteiger partial charge in [0, 0.05) is 19.5 Å². The zero-order chi connectivity index (χ0) is 18.1. The van der Waals surface area contributed by atoms with Crippen LogP contribution in [0.5, 0.6) is 11.5 Å². The maximum Gasteiger partial charge on any atom is 0.272 e. The third-order valence-corrected chi connectivity index (χ3v) is 5.31. The van der Waals surface area contributed by atoms with Crippen molar-refractivity contribution >= 4 is 39.7 Å². The third kappa shape index (κ3) is 3.23. The molecule has 0 bridgehead atoms. The molecule has 0 aliphatic carbocycles. The first kappa shape index (κ1) is 16.8. The van der Waals surface area contributed by atoms with Crippen LogP contribution in [0.15, 0.2) is 34.4 Å². The summed E-state index contributed by atoms with van der Waals surface area (Å²) in [5.41, 5.74) is 1.48. The number of aromatic amines is 1. The number of H-pyrrole nitrogens is 1. The normalized spacial score (nSPS) is 12.5. The Morgan fingerprint density at radius 1 is 1.31 bits per heavy atom. The molecule has 0 fully saturated rings. The van der Waals surface area contributed by atoms with E-state index in [9.17, 15) is 9.59 Å². The Morgan fingerprint density at radius 3 is 3.04 bits per heavy atom. The summed E-state index contributed by atoms with van der Waals surface area (Å²) >= 11 is 6.58. The van der Waals surface area contributed by atoms with Gasteiger partial charge in [0.05, 0.1) is 5.52 Å². The van der Waals surface area contributed by atoms with Gasteiger partial charge in [-0.1, -0.05) is 6.07 Å². The highest BCUT2D eigenvalue weighted by atomic mass is 32.1. The molecule has 3 heterocycles. The molecular weight excluding hydrogens is 374 g/mol. The lowest BCUT2D eigenvalue weighted by Crippen LogP contribution is -2.27. The number of ether oxygens (including phenoxy) is 2. The number of nitrogens with one attached hydrogen (secondary N) is 2. The largest absolute Gasteiger partial charge is 0.454 e. The van der Waals surface area contributed by atoms with E-state index >= 15 is 0 Å². The van der Waals surface area contributed by atoms with Crippen molar-refractivity contribution in [3.05, 3.63) is 50.3 Å². The first-order valence-electron chi connectivity index (χ1n) is 7.97. The average Bonchev–Trinajstić information content (AvgIpc) is 3.28. The number of hydrogen-bond donors (Lipinski definition) is 2. The first-order valence-corrected chi connectivity index (χ1v) is 9.26. The molecule has 0 saturated heterocycles. The summed E-state index contributed by atoms with van der Waals surface area (Å²) < 4.78 is 12.9. The predicted octanol–water partition coefficient (Wildman–Crippen LogP) is 2.56. The van der Waals surface area contributed by atoms with Crippen LogP contribution in [0.2, 0.25) is 0 Å². The fourth-order valence-electron chi connectivity index (χ4n) is 2.73. The number of nitrogens with zero attached hydrogens (tertiary/aromatic N) is 1. The summed E-state index contributed by atoms with van der Waals surface area (Å²) in [7, 11) is 0. The topological polar surface area (TPSA) is 85.4 Å². The number of aromatic nitrogens is 2. The second kappa shape index (κ2) is 6.93. The molecule has 0 spiro atoms. The van der Waals surface area contributed by atoms with Crippen molar-refractivity contribution < 1.29 is 14.3 Å². The molecule has 0 unspecified atom stereocenters. The van der Waals surface area contributed by atoms with Gasteiger partial charge in [-0.3, -0.25) is 14.2 Å². The average molecular weight is 389 g/mol. The fraction of sp³-hybridized carbons (Fsp3) is 0.235. The van der Waals surface area contributed by atoms with E-state index < -0.39 is 0 Å². The Labute approximate surface area is 157 Å². The third-order valence-electron chi connectivity index (χ3n) is 4.08. The smallest absolute Gasteiger partial charge is 0.272 e. The lowest BCUT2D eigenvalue weighted by atomic mass is 10.2. The van der Waals surface area contributed by atoms with Crippen molar-refractivity contribution in [2.24, 2.45) is 0 Å². The predicted molar refractivity (Wildman–Crippen MR) is 100 cm³/mol. The molecule has 7 nitrogen and oxygen atoms in total. The van der Waals surface area contributed by atoms with Gasteiger partial charge in [-0.2, -0.15) is 0 Å². The number of hydrogen-bond acceptors (Lipinski definition) is 6. The Hall–Kier alpha value is -2.65. The lowest BCUT2D eigenvalue weighted by molar-refractivity contribution is -0.121. The van der Waals surface area contributed by atoms with Gasteiger partial charge in [-0.05, 0) is 41.4 Å². The van der Waals surface area contributed by atoms with Crippen LogP contribution in [0, 0.1) is 4.77 Å². The summed E-state index contributed by atoms with van der Waals surface area (Å²) in [6.07, 6.45) is 0.165. The molecule has 26 heavy (non-hydrogen) atoms. The van der Waals surface area contributed by atoms with Crippen LogP contribution < -0.4 is 20.3 Å². The molecule has 9 heteroatoms. The molecule has 3 aromatic rings. The van der Waals surface area contributed by atoms with Gasteiger partial charge in [0.1, 0.15) is 4.70 Å². The Morgan fingerprint density at radius 2 is 2.15 bits per heavy atom. The molecular formula is C17H15N3O4S2. The van der Waals surface area contributed by atoms with E-state index in [2.05, 4.69) is 10.3 Å². The Kier molecular flexibility index (Phi) is 4.48. The molecule has 1 aliphatic rings. The molecule has 0 saturated carbocycles. The van der Waals surface area contributed by atoms with E-state index in [-0.39, 0.29) is 31.2 Å². The van der Waals surface area contributed by atoms with Crippen molar-refractivity contribution in [1.29, 1.82) is 0 Å². The zero-order valence-electron chi connectivity index (χ0n) is 13.6. The quantitative estimate of drug-likeness (QED) is 0.655. The van der Waals surface area contributed by atoms with Crippen molar-refractivity contribution in [3.63, 3.8) is 0 Å². The van der Waals surface area contributed by atoms with Crippen LogP contribution in [0.25, 0.3) is 10.2 Å². The molecule has 2 N–H and O–H groups in total. The van der Waals surface area contributed by atoms with Gasteiger partial charge in [-0.25, -0.2) is 0 Å². The standard InChI is InChI=1S/C17H15N3O4S2/c21-14(18-8-10-1-2-12-13(7-10)24-9-23-12)3-5-20-16(22)15-11(4-6-26-15)19-17(20)25/h1-2,4,6-7H,3,5,8-9H2,(H,18,21)(H,19,25). The molecule has 134 valence electrons. The minimum atomic E-state index is -0.165. The van der Waals surface area contributed by atoms with Crippen LogP contribution in [0.3, 0.4) is 0 Å². The number of benzene rings is 1.